The molecule has 9 heteroatoms. The Morgan fingerprint density at radius 1 is 1.53 bits per heavy atom. The second-order valence-corrected chi connectivity index (χ2v) is 5.71. The van der Waals surface area contributed by atoms with Gasteiger partial charge in [-0.2, -0.15) is 17.8 Å². The molecule has 1 aromatic carbocycles. The summed E-state index contributed by atoms with van der Waals surface area (Å²) in [6, 6.07) is 4.85. The van der Waals surface area contributed by atoms with E-state index >= 15 is 0 Å². The number of aromatic nitrogens is 2. The Labute approximate surface area is 109 Å². The second-order valence-electron chi connectivity index (χ2n) is 3.93. The number of carboxylic acids is 1. The van der Waals surface area contributed by atoms with Crippen molar-refractivity contribution in [2.45, 2.75) is 0 Å². The van der Waals surface area contributed by atoms with E-state index in [0.29, 0.717) is 15.5 Å². The van der Waals surface area contributed by atoms with Crippen LogP contribution in [0.4, 0.5) is 5.69 Å². The van der Waals surface area contributed by atoms with Gasteiger partial charge in [-0.3, -0.25) is 14.6 Å². The molecule has 1 heterocycles. The van der Waals surface area contributed by atoms with Gasteiger partial charge in [0.1, 0.15) is 6.54 Å². The number of carboxylic acid groups (broad SMARTS) is 1. The fourth-order valence-corrected chi connectivity index (χ4v) is 2.36. The standard InChI is InChI=1S/C10H12N4O4S/c1-14(6-10(15)16)19(17,18)13-8-3-2-7-5-11-12-9(7)4-8/h2-5,13H,6H2,1H3,(H,11,12)(H,15,16). The number of likely N-dealkylation sites (N-methyl/N-ethyl adjacent to an activating group) is 1. The monoisotopic (exact) mass is 284 g/mol. The maximum atomic E-state index is 11.8. The predicted molar refractivity (Wildman–Crippen MR) is 68.9 cm³/mol. The number of rotatable bonds is 5. The molecule has 0 saturated carbocycles. The molecule has 0 spiro atoms. The first kappa shape index (κ1) is 13.3. The van der Waals surface area contributed by atoms with Crippen molar-refractivity contribution in [3.63, 3.8) is 0 Å². The lowest BCUT2D eigenvalue weighted by molar-refractivity contribution is -0.137. The van der Waals surface area contributed by atoms with Crippen molar-refractivity contribution < 1.29 is 18.3 Å². The quantitative estimate of drug-likeness (QED) is 0.727. The minimum Gasteiger partial charge on any atom is -0.480 e. The lowest BCUT2D eigenvalue weighted by Crippen LogP contribution is -2.36. The normalized spacial score (nSPS) is 11.9. The van der Waals surface area contributed by atoms with Crippen LogP contribution in [0, 0.1) is 0 Å². The van der Waals surface area contributed by atoms with Crippen LogP contribution in [-0.4, -0.2) is 47.6 Å². The van der Waals surface area contributed by atoms with Crippen molar-refractivity contribution in [2.75, 3.05) is 18.3 Å². The minimum atomic E-state index is -3.89. The smallest absolute Gasteiger partial charge is 0.318 e. The Balaban J connectivity index is 2.21. The highest BCUT2D eigenvalue weighted by molar-refractivity contribution is 7.90. The number of hydrogen-bond acceptors (Lipinski definition) is 4. The zero-order valence-corrected chi connectivity index (χ0v) is 10.8. The van der Waals surface area contributed by atoms with E-state index in [1.54, 1.807) is 24.4 Å². The van der Waals surface area contributed by atoms with Crippen molar-refractivity contribution in [3.8, 4) is 0 Å². The van der Waals surface area contributed by atoms with Gasteiger partial charge in [-0.1, -0.05) is 0 Å². The number of H-pyrrole nitrogens is 1. The third kappa shape index (κ3) is 3.01. The van der Waals surface area contributed by atoms with Gasteiger partial charge in [0.25, 0.3) is 0 Å². The van der Waals surface area contributed by atoms with Gasteiger partial charge in [-0.05, 0) is 18.2 Å². The lowest BCUT2D eigenvalue weighted by atomic mass is 10.2. The van der Waals surface area contributed by atoms with Gasteiger partial charge in [-0.15, -0.1) is 0 Å². The molecule has 0 aliphatic carbocycles. The van der Waals surface area contributed by atoms with Gasteiger partial charge in [0.05, 0.1) is 17.4 Å². The fourth-order valence-electron chi connectivity index (χ4n) is 1.50. The van der Waals surface area contributed by atoms with E-state index in [1.807, 2.05) is 0 Å². The summed E-state index contributed by atoms with van der Waals surface area (Å²) < 4.78 is 26.7. The molecule has 0 radical (unpaired) electrons. The molecule has 0 saturated heterocycles. The molecular weight excluding hydrogens is 272 g/mol. The van der Waals surface area contributed by atoms with E-state index in [-0.39, 0.29) is 0 Å². The molecule has 1 aromatic heterocycles. The third-order valence-corrected chi connectivity index (χ3v) is 3.90. The van der Waals surface area contributed by atoms with Crippen LogP contribution < -0.4 is 4.72 Å². The Morgan fingerprint density at radius 2 is 2.26 bits per heavy atom. The number of carbonyl (C=O) groups is 1. The van der Waals surface area contributed by atoms with Gasteiger partial charge in [-0.25, -0.2) is 0 Å². The Bertz CT molecular complexity index is 709. The molecule has 0 aliphatic rings. The second kappa shape index (κ2) is 4.86. The maximum absolute atomic E-state index is 11.8. The van der Waals surface area contributed by atoms with Gasteiger partial charge in [0, 0.05) is 12.4 Å². The van der Waals surface area contributed by atoms with Crippen molar-refractivity contribution in [2.24, 2.45) is 0 Å². The van der Waals surface area contributed by atoms with E-state index in [2.05, 4.69) is 14.9 Å². The van der Waals surface area contributed by atoms with E-state index < -0.39 is 22.7 Å². The molecular formula is C10H12N4O4S. The summed E-state index contributed by atoms with van der Waals surface area (Å²) in [5, 5.41) is 16.0. The van der Waals surface area contributed by atoms with Crippen LogP contribution in [0.3, 0.4) is 0 Å². The zero-order chi connectivity index (χ0) is 14.0. The van der Waals surface area contributed by atoms with Crippen molar-refractivity contribution in [3.05, 3.63) is 24.4 Å². The summed E-state index contributed by atoms with van der Waals surface area (Å²) in [5.41, 5.74) is 1.01. The summed E-state index contributed by atoms with van der Waals surface area (Å²) in [6.07, 6.45) is 1.62. The van der Waals surface area contributed by atoms with Crippen molar-refractivity contribution in [1.82, 2.24) is 14.5 Å². The number of aromatic amines is 1. The lowest BCUT2D eigenvalue weighted by Gasteiger charge is -2.16. The molecule has 0 aliphatic heterocycles. The first-order valence-electron chi connectivity index (χ1n) is 5.27. The van der Waals surface area contributed by atoms with Gasteiger partial charge < -0.3 is 5.11 Å². The Hall–Kier alpha value is -2.13. The van der Waals surface area contributed by atoms with E-state index in [1.165, 1.54) is 7.05 Å². The molecule has 0 fully saturated rings. The van der Waals surface area contributed by atoms with Crippen LogP contribution in [0.25, 0.3) is 10.9 Å². The molecule has 102 valence electrons. The molecule has 0 amide bonds. The Kier molecular flexibility index (Phi) is 3.40. The molecule has 0 atom stereocenters. The summed E-state index contributed by atoms with van der Waals surface area (Å²) >= 11 is 0. The molecule has 2 aromatic rings. The van der Waals surface area contributed by atoms with Crippen LogP contribution in [-0.2, 0) is 15.0 Å². The molecule has 3 N–H and O–H groups in total. The third-order valence-electron chi connectivity index (χ3n) is 2.46. The van der Waals surface area contributed by atoms with Crippen LogP contribution in [0.2, 0.25) is 0 Å². The molecule has 8 nitrogen and oxygen atoms in total. The number of anilines is 1. The molecule has 0 bridgehead atoms. The fraction of sp³-hybridized carbons (Fsp3) is 0.200. The SMILES string of the molecule is CN(CC(=O)O)S(=O)(=O)Nc1ccc2cn[nH]c2c1. The number of aliphatic carboxylic acids is 1. The van der Waals surface area contributed by atoms with E-state index in [9.17, 15) is 13.2 Å². The average molecular weight is 284 g/mol. The van der Waals surface area contributed by atoms with Gasteiger partial charge in [0.2, 0.25) is 0 Å². The van der Waals surface area contributed by atoms with Crippen LogP contribution >= 0.6 is 0 Å². The Morgan fingerprint density at radius 3 is 2.95 bits per heavy atom. The summed E-state index contributed by atoms with van der Waals surface area (Å²) in [5.74, 6) is -1.23. The highest BCUT2D eigenvalue weighted by Crippen LogP contribution is 2.18. The molecule has 0 unspecified atom stereocenters. The number of nitrogens with one attached hydrogen (secondary N) is 2. The number of benzene rings is 1. The first-order valence-corrected chi connectivity index (χ1v) is 6.71. The largest absolute Gasteiger partial charge is 0.480 e. The summed E-state index contributed by atoms with van der Waals surface area (Å²) in [6.45, 7) is -0.609. The van der Waals surface area contributed by atoms with E-state index in [0.717, 1.165) is 5.39 Å². The molecule has 19 heavy (non-hydrogen) atoms. The van der Waals surface area contributed by atoms with Crippen molar-refractivity contribution in [1.29, 1.82) is 0 Å². The minimum absolute atomic E-state index is 0.328. The summed E-state index contributed by atoms with van der Waals surface area (Å²) in [7, 11) is -2.71. The van der Waals surface area contributed by atoms with Crippen LogP contribution in [0.15, 0.2) is 24.4 Å². The maximum Gasteiger partial charge on any atom is 0.318 e. The van der Waals surface area contributed by atoms with E-state index in [4.69, 9.17) is 5.11 Å². The van der Waals surface area contributed by atoms with Crippen LogP contribution in [0.5, 0.6) is 0 Å². The zero-order valence-electron chi connectivity index (χ0n) is 9.99. The summed E-state index contributed by atoms with van der Waals surface area (Å²) in [4.78, 5) is 10.5. The molecule has 2 rings (SSSR count). The number of fused-ring (bicyclic) bond motifs is 1. The highest BCUT2D eigenvalue weighted by atomic mass is 32.2. The highest BCUT2D eigenvalue weighted by Gasteiger charge is 2.20. The first-order chi connectivity index (χ1) is 8.88. The van der Waals surface area contributed by atoms with Crippen molar-refractivity contribution >= 4 is 32.8 Å². The predicted octanol–water partition coefficient (Wildman–Crippen LogP) is 0.236. The van der Waals surface area contributed by atoms with Crippen LogP contribution in [0.1, 0.15) is 0 Å². The number of hydrogen-bond donors (Lipinski definition) is 3. The van der Waals surface area contributed by atoms with Gasteiger partial charge >= 0.3 is 16.2 Å². The average Bonchev–Trinajstić information content (AvgIpc) is 2.74. The van der Waals surface area contributed by atoms with Gasteiger partial charge in [0.15, 0.2) is 0 Å². The number of nitrogens with zero attached hydrogens (tertiary/aromatic N) is 2. The topological polar surface area (TPSA) is 115 Å².